The van der Waals surface area contributed by atoms with Crippen molar-refractivity contribution in [1.82, 2.24) is 4.90 Å². The topological polar surface area (TPSA) is 49.8 Å². The third-order valence-corrected chi connectivity index (χ3v) is 6.44. The van der Waals surface area contributed by atoms with Gasteiger partial charge in [0.05, 0.1) is 11.4 Å². The normalized spacial score (nSPS) is 15.7. The average molecular weight is 448 g/mol. The number of carbonyl (C=O) groups is 1. The molecule has 0 aliphatic heterocycles. The molecular weight excluding hydrogens is 418 g/mol. The minimum absolute atomic E-state index is 0. The highest BCUT2D eigenvalue weighted by Gasteiger charge is 2.38. The lowest BCUT2D eigenvalue weighted by atomic mass is 10.0. The van der Waals surface area contributed by atoms with Crippen LogP contribution in [0.1, 0.15) is 50.5 Å². The predicted octanol–water partition coefficient (Wildman–Crippen LogP) is 5.07. The summed E-state index contributed by atoms with van der Waals surface area (Å²) in [5.41, 5.74) is 1.08. The van der Waals surface area contributed by atoms with Gasteiger partial charge in [-0.15, -0.1) is 23.7 Å². The minimum atomic E-state index is -1.30. The predicted molar refractivity (Wildman–Crippen MR) is 125 cm³/mol. The second-order valence-corrected chi connectivity index (χ2v) is 8.30. The van der Waals surface area contributed by atoms with E-state index in [1.807, 2.05) is 41.8 Å². The molecule has 0 spiro atoms. The van der Waals surface area contributed by atoms with Crippen molar-refractivity contribution in [2.45, 2.75) is 51.2 Å². The molecule has 0 radical (unpaired) electrons. The zero-order valence-electron chi connectivity index (χ0n) is 17.6. The van der Waals surface area contributed by atoms with Gasteiger partial charge in [0, 0.05) is 0 Å². The Morgan fingerprint density at radius 2 is 1.87 bits per heavy atom. The Labute approximate surface area is 189 Å². The Kier molecular flexibility index (Phi) is 9.38. The van der Waals surface area contributed by atoms with Gasteiger partial charge in [0.2, 0.25) is 0 Å². The van der Waals surface area contributed by atoms with Gasteiger partial charge in [-0.2, -0.15) is 0 Å². The van der Waals surface area contributed by atoms with Crippen LogP contribution in [-0.4, -0.2) is 41.2 Å². The second-order valence-electron chi connectivity index (χ2n) is 7.35. The number of aliphatic hydroxyl groups excluding tert-OH is 1. The first-order valence-corrected chi connectivity index (χ1v) is 11.2. The van der Waals surface area contributed by atoms with E-state index in [0.717, 1.165) is 49.9 Å². The monoisotopic (exact) mass is 447 g/mol. The fourth-order valence-electron chi connectivity index (χ4n) is 3.70. The van der Waals surface area contributed by atoms with E-state index in [4.69, 9.17) is 4.74 Å². The molecule has 0 amide bonds. The Bertz CT molecular complexity index is 861. The van der Waals surface area contributed by atoms with Gasteiger partial charge in [-0.25, -0.2) is 4.79 Å². The number of esters is 1. The molecule has 3 rings (SSSR count). The SMILES string of the molecule is CCN(CC)CC#CC1(OC(=O)C(O)c2sccc2-c2ccccc2)CCCC1.Cl. The van der Waals surface area contributed by atoms with E-state index in [-0.39, 0.29) is 12.4 Å². The number of hydrogen-bond donors (Lipinski definition) is 1. The van der Waals surface area contributed by atoms with Crippen molar-refractivity contribution >= 4 is 29.7 Å². The fourth-order valence-corrected chi connectivity index (χ4v) is 4.59. The van der Waals surface area contributed by atoms with Gasteiger partial charge in [0.1, 0.15) is 0 Å². The molecule has 4 nitrogen and oxygen atoms in total. The maximum atomic E-state index is 12.9. The number of rotatable bonds is 7. The van der Waals surface area contributed by atoms with Crippen LogP contribution in [-0.2, 0) is 9.53 Å². The van der Waals surface area contributed by atoms with Crippen molar-refractivity contribution in [2.75, 3.05) is 19.6 Å². The van der Waals surface area contributed by atoms with Gasteiger partial charge < -0.3 is 9.84 Å². The van der Waals surface area contributed by atoms with E-state index < -0.39 is 17.7 Å². The molecule has 1 unspecified atom stereocenters. The van der Waals surface area contributed by atoms with E-state index in [0.29, 0.717) is 11.4 Å². The number of carbonyl (C=O) groups excluding carboxylic acids is 1. The lowest BCUT2D eigenvalue weighted by molar-refractivity contribution is -0.164. The van der Waals surface area contributed by atoms with Crippen LogP contribution >= 0.6 is 23.7 Å². The number of halogens is 1. The van der Waals surface area contributed by atoms with Crippen molar-refractivity contribution in [2.24, 2.45) is 0 Å². The first kappa shape index (κ1) is 24.4. The summed E-state index contributed by atoms with van der Waals surface area (Å²) in [4.78, 5) is 15.7. The van der Waals surface area contributed by atoms with Gasteiger partial charge in [-0.1, -0.05) is 56.0 Å². The van der Waals surface area contributed by atoms with Crippen LogP contribution < -0.4 is 0 Å². The summed E-state index contributed by atoms with van der Waals surface area (Å²) in [5, 5.41) is 12.7. The Balaban J connectivity index is 0.00000320. The molecular formula is C24H30ClNO3S. The molecule has 30 heavy (non-hydrogen) atoms. The van der Waals surface area contributed by atoms with Crippen LogP contribution in [0.15, 0.2) is 41.8 Å². The van der Waals surface area contributed by atoms with Crippen LogP contribution in [0.2, 0.25) is 0 Å². The highest BCUT2D eigenvalue weighted by atomic mass is 35.5. The number of nitrogens with zero attached hydrogens (tertiary/aromatic N) is 1. The van der Waals surface area contributed by atoms with Crippen LogP contribution in [0.3, 0.4) is 0 Å². The molecule has 1 atom stereocenters. The summed E-state index contributed by atoms with van der Waals surface area (Å²) >= 11 is 1.37. The summed E-state index contributed by atoms with van der Waals surface area (Å²) in [6, 6.07) is 11.7. The molecule has 1 fully saturated rings. The first-order chi connectivity index (χ1) is 14.1. The number of aliphatic hydroxyl groups is 1. The molecule has 162 valence electrons. The molecule has 2 aromatic rings. The average Bonchev–Trinajstić information content (AvgIpc) is 3.41. The maximum absolute atomic E-state index is 12.9. The van der Waals surface area contributed by atoms with Crippen molar-refractivity contribution < 1.29 is 14.6 Å². The molecule has 0 bridgehead atoms. The summed E-state index contributed by atoms with van der Waals surface area (Å²) in [6.07, 6.45) is 2.13. The standard InChI is InChI=1S/C24H29NO3S.ClH/c1-3-25(4-2)17-10-16-24(14-8-9-15-24)28-23(27)21(26)22-20(13-18-29-22)19-11-6-5-7-12-19;/h5-7,11-13,18,21,26H,3-4,8-9,14-15,17H2,1-2H3;1H. The summed E-state index contributed by atoms with van der Waals surface area (Å²) in [7, 11) is 0. The lowest BCUT2D eigenvalue weighted by Gasteiger charge is -2.25. The Morgan fingerprint density at radius 1 is 1.20 bits per heavy atom. The van der Waals surface area contributed by atoms with Crippen molar-refractivity contribution in [1.29, 1.82) is 0 Å². The molecule has 1 aliphatic carbocycles. The van der Waals surface area contributed by atoms with Crippen molar-refractivity contribution in [3.8, 4) is 23.0 Å². The van der Waals surface area contributed by atoms with E-state index >= 15 is 0 Å². The quantitative estimate of drug-likeness (QED) is 0.475. The van der Waals surface area contributed by atoms with Crippen LogP contribution in [0.25, 0.3) is 11.1 Å². The van der Waals surface area contributed by atoms with E-state index in [9.17, 15) is 9.90 Å². The Morgan fingerprint density at radius 3 is 2.50 bits per heavy atom. The highest BCUT2D eigenvalue weighted by Crippen LogP contribution is 2.37. The molecule has 1 aliphatic rings. The smallest absolute Gasteiger partial charge is 0.342 e. The van der Waals surface area contributed by atoms with E-state index in [1.165, 1.54) is 11.3 Å². The fraction of sp³-hybridized carbons (Fsp3) is 0.458. The minimum Gasteiger partial charge on any atom is -0.444 e. The third kappa shape index (κ3) is 5.86. The van der Waals surface area contributed by atoms with Crippen molar-refractivity contribution in [3.63, 3.8) is 0 Å². The zero-order chi connectivity index (χ0) is 20.7. The molecule has 1 heterocycles. The van der Waals surface area contributed by atoms with E-state index in [1.54, 1.807) is 0 Å². The highest BCUT2D eigenvalue weighted by molar-refractivity contribution is 7.10. The summed E-state index contributed by atoms with van der Waals surface area (Å²) < 4.78 is 5.85. The van der Waals surface area contributed by atoms with Crippen molar-refractivity contribution in [3.05, 3.63) is 46.7 Å². The Hall–Kier alpha value is -1.84. The zero-order valence-corrected chi connectivity index (χ0v) is 19.2. The maximum Gasteiger partial charge on any atom is 0.342 e. The molecule has 1 aromatic heterocycles. The lowest BCUT2D eigenvalue weighted by Crippen LogP contribution is -2.33. The number of thiophene rings is 1. The molecule has 1 N–H and O–H groups in total. The van der Waals surface area contributed by atoms with E-state index in [2.05, 4.69) is 30.6 Å². The summed E-state index contributed by atoms with van der Waals surface area (Å²) in [6.45, 7) is 6.77. The van der Waals surface area contributed by atoms with Gasteiger partial charge in [0.15, 0.2) is 11.7 Å². The van der Waals surface area contributed by atoms with Gasteiger partial charge in [-0.3, -0.25) is 4.90 Å². The van der Waals surface area contributed by atoms with Crippen LogP contribution in [0.5, 0.6) is 0 Å². The number of hydrogen-bond acceptors (Lipinski definition) is 5. The van der Waals surface area contributed by atoms with Crippen LogP contribution in [0.4, 0.5) is 0 Å². The van der Waals surface area contributed by atoms with Gasteiger partial charge >= 0.3 is 5.97 Å². The molecule has 6 heteroatoms. The number of benzene rings is 1. The van der Waals surface area contributed by atoms with Gasteiger partial charge in [0.25, 0.3) is 0 Å². The molecule has 1 aromatic carbocycles. The molecule has 0 saturated heterocycles. The third-order valence-electron chi connectivity index (χ3n) is 5.47. The second kappa shape index (κ2) is 11.5. The largest absolute Gasteiger partial charge is 0.444 e. The molecule has 1 saturated carbocycles. The van der Waals surface area contributed by atoms with Crippen LogP contribution in [0, 0.1) is 11.8 Å². The van der Waals surface area contributed by atoms with Gasteiger partial charge in [-0.05, 0) is 61.3 Å². The summed E-state index contributed by atoms with van der Waals surface area (Å²) in [5.74, 6) is 5.83. The number of ether oxygens (including phenoxy) is 1. The first-order valence-electron chi connectivity index (χ1n) is 10.3.